The molecular weight excluding hydrogens is 398 g/mol. The molecule has 1 atom stereocenters. The van der Waals surface area contributed by atoms with Crippen molar-refractivity contribution < 1.29 is 23.9 Å². The van der Waals surface area contributed by atoms with Crippen molar-refractivity contribution in [1.29, 1.82) is 0 Å². The van der Waals surface area contributed by atoms with E-state index in [-0.39, 0.29) is 36.9 Å². The van der Waals surface area contributed by atoms with E-state index in [9.17, 15) is 14.4 Å². The molecule has 1 aromatic rings. The molecule has 4 heterocycles. The summed E-state index contributed by atoms with van der Waals surface area (Å²) in [5.74, 6) is 1.09. The Balaban J connectivity index is 1.21. The summed E-state index contributed by atoms with van der Waals surface area (Å²) in [7, 11) is 0. The Bertz CT molecular complexity index is 872. The van der Waals surface area contributed by atoms with E-state index in [0.717, 1.165) is 38.8 Å². The van der Waals surface area contributed by atoms with Crippen LogP contribution in [0, 0.1) is 5.92 Å². The first-order valence-electron chi connectivity index (χ1n) is 11.4. The van der Waals surface area contributed by atoms with E-state index in [1.165, 1.54) is 17.7 Å². The van der Waals surface area contributed by atoms with E-state index in [4.69, 9.17) is 9.47 Å². The Hall–Kier alpha value is -2.61. The molecule has 4 aliphatic rings. The first kappa shape index (κ1) is 20.3. The summed E-state index contributed by atoms with van der Waals surface area (Å²) < 4.78 is 10.7. The fraction of sp³-hybridized carbons (Fsp3) is 0.609. The van der Waals surface area contributed by atoms with Crippen LogP contribution in [0.4, 0.5) is 5.69 Å². The average molecular weight is 428 g/mol. The van der Waals surface area contributed by atoms with Crippen molar-refractivity contribution in [3.05, 3.63) is 18.2 Å². The number of hydrogen-bond donors (Lipinski definition) is 0. The first-order chi connectivity index (χ1) is 15.1. The van der Waals surface area contributed by atoms with Gasteiger partial charge in [0.25, 0.3) is 5.91 Å². The molecular formula is C23H29N3O5. The van der Waals surface area contributed by atoms with Gasteiger partial charge in [-0.25, -0.2) is 4.90 Å². The number of nitrogens with zero attached hydrogens (tertiary/aromatic N) is 3. The topological polar surface area (TPSA) is 79.4 Å². The van der Waals surface area contributed by atoms with Crippen molar-refractivity contribution >= 4 is 23.4 Å². The highest BCUT2D eigenvalue weighted by molar-refractivity contribution is 6.22. The van der Waals surface area contributed by atoms with E-state index in [1.54, 1.807) is 18.2 Å². The summed E-state index contributed by atoms with van der Waals surface area (Å²) >= 11 is 0. The van der Waals surface area contributed by atoms with Gasteiger partial charge < -0.3 is 14.4 Å². The minimum Gasteiger partial charge on any atom is -0.454 e. The fourth-order valence-electron chi connectivity index (χ4n) is 5.20. The maximum atomic E-state index is 13.1. The molecule has 1 aromatic carbocycles. The summed E-state index contributed by atoms with van der Waals surface area (Å²) in [6.07, 6.45) is 6.28. The van der Waals surface area contributed by atoms with Crippen LogP contribution in [0.15, 0.2) is 18.2 Å². The lowest BCUT2D eigenvalue weighted by atomic mass is 9.94. The van der Waals surface area contributed by atoms with Crippen LogP contribution in [0.5, 0.6) is 11.5 Å². The molecule has 3 amide bonds. The SMILES string of the molecule is O=C(C1CCN([C@@H]2CC(=O)N(c3ccc4c(c3)OCO4)C2=O)CC1)N1CCCCCC1. The molecule has 0 aromatic heterocycles. The van der Waals surface area contributed by atoms with Crippen LogP contribution in [0.25, 0.3) is 0 Å². The lowest BCUT2D eigenvalue weighted by Gasteiger charge is -2.36. The second kappa shape index (κ2) is 8.49. The van der Waals surface area contributed by atoms with Crippen LogP contribution in [0.2, 0.25) is 0 Å². The highest BCUT2D eigenvalue weighted by Crippen LogP contribution is 2.37. The zero-order valence-corrected chi connectivity index (χ0v) is 17.8. The lowest BCUT2D eigenvalue weighted by molar-refractivity contribution is -0.137. The van der Waals surface area contributed by atoms with Gasteiger partial charge >= 0.3 is 0 Å². The summed E-state index contributed by atoms with van der Waals surface area (Å²) in [5, 5.41) is 0. The van der Waals surface area contributed by atoms with Crippen LogP contribution in [0.3, 0.4) is 0 Å². The smallest absolute Gasteiger partial charge is 0.251 e. The molecule has 4 aliphatic heterocycles. The molecule has 0 aliphatic carbocycles. The van der Waals surface area contributed by atoms with E-state index >= 15 is 0 Å². The molecule has 0 N–H and O–H groups in total. The number of carbonyl (C=O) groups is 3. The molecule has 8 nitrogen and oxygen atoms in total. The number of fused-ring (bicyclic) bond motifs is 1. The van der Waals surface area contributed by atoms with Gasteiger partial charge in [0.05, 0.1) is 18.2 Å². The van der Waals surface area contributed by atoms with Crippen LogP contribution >= 0.6 is 0 Å². The molecule has 3 saturated heterocycles. The maximum Gasteiger partial charge on any atom is 0.251 e. The van der Waals surface area contributed by atoms with Crippen molar-refractivity contribution in [3.63, 3.8) is 0 Å². The molecule has 0 spiro atoms. The van der Waals surface area contributed by atoms with Gasteiger partial charge in [-0.1, -0.05) is 12.8 Å². The zero-order chi connectivity index (χ0) is 21.4. The molecule has 3 fully saturated rings. The van der Waals surface area contributed by atoms with E-state index in [2.05, 4.69) is 4.90 Å². The third-order valence-corrected chi connectivity index (χ3v) is 6.97. The number of piperidine rings is 1. The predicted molar refractivity (Wildman–Crippen MR) is 113 cm³/mol. The minimum absolute atomic E-state index is 0.0338. The second-order valence-electron chi connectivity index (χ2n) is 8.87. The minimum atomic E-state index is -0.452. The van der Waals surface area contributed by atoms with Crippen LogP contribution < -0.4 is 14.4 Å². The van der Waals surface area contributed by atoms with Crippen LogP contribution in [0.1, 0.15) is 44.9 Å². The van der Waals surface area contributed by atoms with Crippen molar-refractivity contribution in [2.24, 2.45) is 5.92 Å². The highest BCUT2D eigenvalue weighted by atomic mass is 16.7. The maximum absolute atomic E-state index is 13.1. The normalized spacial score (nSPS) is 25.2. The van der Waals surface area contributed by atoms with Gasteiger partial charge in [0, 0.05) is 25.1 Å². The quantitative estimate of drug-likeness (QED) is 0.688. The highest BCUT2D eigenvalue weighted by Gasteiger charge is 2.44. The fourth-order valence-corrected chi connectivity index (χ4v) is 5.20. The summed E-state index contributed by atoms with van der Waals surface area (Å²) in [4.78, 5) is 44.2. The Morgan fingerprint density at radius 3 is 2.35 bits per heavy atom. The summed E-state index contributed by atoms with van der Waals surface area (Å²) in [5.41, 5.74) is 0.521. The van der Waals surface area contributed by atoms with Crippen molar-refractivity contribution in [2.75, 3.05) is 37.9 Å². The van der Waals surface area contributed by atoms with E-state index in [1.807, 2.05) is 4.90 Å². The number of anilines is 1. The molecule has 5 rings (SSSR count). The molecule has 8 heteroatoms. The van der Waals surface area contributed by atoms with Crippen LogP contribution in [-0.2, 0) is 14.4 Å². The first-order valence-corrected chi connectivity index (χ1v) is 11.4. The van der Waals surface area contributed by atoms with Gasteiger partial charge in [0.15, 0.2) is 11.5 Å². The number of benzene rings is 1. The standard InChI is InChI=1S/C23H29N3O5/c27-21-14-18(23(29)26(21)17-5-6-19-20(13-17)31-15-30-19)24-11-7-16(8-12-24)22(28)25-9-3-1-2-4-10-25/h5-6,13,16,18H,1-4,7-12,14-15H2/t18-/m1/s1. The average Bonchev–Trinajstić information content (AvgIpc) is 3.25. The zero-order valence-electron chi connectivity index (χ0n) is 17.8. The van der Waals surface area contributed by atoms with Crippen molar-refractivity contribution in [2.45, 2.75) is 51.0 Å². The third-order valence-electron chi connectivity index (χ3n) is 6.97. The number of imide groups is 1. The molecule has 0 unspecified atom stereocenters. The largest absolute Gasteiger partial charge is 0.454 e. The Morgan fingerprint density at radius 1 is 0.903 bits per heavy atom. The monoisotopic (exact) mass is 427 g/mol. The van der Waals surface area contributed by atoms with Gasteiger partial charge in [0.2, 0.25) is 18.6 Å². The van der Waals surface area contributed by atoms with Crippen molar-refractivity contribution in [1.82, 2.24) is 9.80 Å². The molecule has 166 valence electrons. The Morgan fingerprint density at radius 2 is 1.61 bits per heavy atom. The summed E-state index contributed by atoms with van der Waals surface area (Å²) in [6, 6.07) is 4.68. The Labute approximate surface area is 182 Å². The molecule has 0 saturated carbocycles. The molecule has 0 bridgehead atoms. The predicted octanol–water partition coefficient (Wildman–Crippen LogP) is 2.16. The van der Waals surface area contributed by atoms with Gasteiger partial charge in [-0.3, -0.25) is 19.3 Å². The van der Waals surface area contributed by atoms with E-state index in [0.29, 0.717) is 30.3 Å². The number of hydrogen-bond acceptors (Lipinski definition) is 6. The van der Waals surface area contributed by atoms with E-state index < -0.39 is 6.04 Å². The molecule has 0 radical (unpaired) electrons. The van der Waals surface area contributed by atoms with Crippen LogP contribution in [-0.4, -0.2) is 66.5 Å². The van der Waals surface area contributed by atoms with Gasteiger partial charge in [-0.15, -0.1) is 0 Å². The van der Waals surface area contributed by atoms with Gasteiger partial charge in [0.1, 0.15) is 0 Å². The second-order valence-corrected chi connectivity index (χ2v) is 8.87. The van der Waals surface area contributed by atoms with Gasteiger partial charge in [-0.2, -0.15) is 0 Å². The Kier molecular flexibility index (Phi) is 5.56. The number of carbonyl (C=O) groups excluding carboxylic acids is 3. The number of ether oxygens (including phenoxy) is 2. The lowest BCUT2D eigenvalue weighted by Crippen LogP contribution is -2.48. The molecule has 31 heavy (non-hydrogen) atoms. The third kappa shape index (κ3) is 3.89. The number of amides is 3. The summed E-state index contributed by atoms with van der Waals surface area (Å²) in [6.45, 7) is 3.23. The number of likely N-dealkylation sites (tertiary alicyclic amines) is 2. The van der Waals surface area contributed by atoms with Gasteiger partial charge in [-0.05, 0) is 50.9 Å². The van der Waals surface area contributed by atoms with Crippen molar-refractivity contribution in [3.8, 4) is 11.5 Å². The number of rotatable bonds is 3.